The number of rotatable bonds is 2. The number of hydrogen-bond acceptors (Lipinski definition) is 4. The van der Waals surface area contributed by atoms with E-state index < -0.39 is 0 Å². The van der Waals surface area contributed by atoms with Gasteiger partial charge in [0.2, 0.25) is 0 Å². The normalized spacial score (nSPS) is 16.8. The molecule has 0 aromatic carbocycles. The Bertz CT molecular complexity index is 559. The van der Waals surface area contributed by atoms with E-state index in [1.165, 1.54) is 16.3 Å². The first-order valence-corrected chi connectivity index (χ1v) is 8.30. The summed E-state index contributed by atoms with van der Waals surface area (Å²) in [5.74, 6) is 0.607. The number of carbonyl (C=O) groups is 1. The average molecular weight is 313 g/mol. The van der Waals surface area contributed by atoms with E-state index in [4.69, 9.17) is 11.6 Å². The van der Waals surface area contributed by atoms with Gasteiger partial charge in [0.05, 0.1) is 14.9 Å². The van der Waals surface area contributed by atoms with Crippen LogP contribution in [-0.4, -0.2) is 28.9 Å². The lowest BCUT2D eigenvalue weighted by Crippen LogP contribution is -2.37. The van der Waals surface area contributed by atoms with Crippen molar-refractivity contribution < 1.29 is 4.79 Å². The molecule has 0 saturated carbocycles. The summed E-state index contributed by atoms with van der Waals surface area (Å²) in [6.07, 6.45) is 3.85. The molecule has 1 aliphatic heterocycles. The van der Waals surface area contributed by atoms with Crippen molar-refractivity contribution in [3.8, 4) is 0 Å². The van der Waals surface area contributed by atoms with Gasteiger partial charge >= 0.3 is 0 Å². The van der Waals surface area contributed by atoms with Crippen molar-refractivity contribution in [3.05, 3.63) is 37.9 Å². The Balaban J connectivity index is 1.62. The fourth-order valence-corrected chi connectivity index (χ4v) is 4.04. The molecule has 0 N–H and O–H groups in total. The van der Waals surface area contributed by atoms with Gasteiger partial charge in [-0.25, -0.2) is 4.98 Å². The van der Waals surface area contributed by atoms with Crippen molar-refractivity contribution >= 4 is 40.2 Å². The van der Waals surface area contributed by atoms with Gasteiger partial charge in [-0.15, -0.1) is 22.7 Å². The standard InChI is InChI=1S/C13H13ClN2OS2/c14-11-7-10(8-19-11)13(17)16-4-1-9(2-5-16)12-15-3-6-18-12/h3,6-9H,1-2,4-5H2. The number of amides is 1. The van der Waals surface area contributed by atoms with Crippen LogP contribution in [0.1, 0.15) is 34.1 Å². The van der Waals surface area contributed by atoms with Crippen LogP contribution in [0.25, 0.3) is 0 Å². The fraction of sp³-hybridized carbons (Fsp3) is 0.385. The molecular formula is C13H13ClN2OS2. The molecular weight excluding hydrogens is 300 g/mol. The number of piperidine rings is 1. The number of thiazole rings is 1. The first kappa shape index (κ1) is 13.1. The highest BCUT2D eigenvalue weighted by atomic mass is 35.5. The molecule has 2 aromatic rings. The Labute approximate surface area is 124 Å². The quantitative estimate of drug-likeness (QED) is 0.843. The van der Waals surface area contributed by atoms with Crippen molar-refractivity contribution in [3.63, 3.8) is 0 Å². The van der Waals surface area contributed by atoms with E-state index in [1.54, 1.807) is 17.4 Å². The summed E-state index contributed by atoms with van der Waals surface area (Å²) < 4.78 is 0.668. The van der Waals surface area contributed by atoms with Gasteiger partial charge in [-0.2, -0.15) is 0 Å². The van der Waals surface area contributed by atoms with E-state index in [2.05, 4.69) is 4.98 Å². The smallest absolute Gasteiger partial charge is 0.254 e. The van der Waals surface area contributed by atoms with Crippen LogP contribution in [0.2, 0.25) is 4.34 Å². The summed E-state index contributed by atoms with van der Waals surface area (Å²) >= 11 is 8.99. The van der Waals surface area contributed by atoms with E-state index in [9.17, 15) is 4.79 Å². The lowest BCUT2D eigenvalue weighted by atomic mass is 9.97. The third-order valence-electron chi connectivity index (χ3n) is 3.40. The molecule has 3 nitrogen and oxygen atoms in total. The number of aromatic nitrogens is 1. The molecule has 19 heavy (non-hydrogen) atoms. The van der Waals surface area contributed by atoms with Crippen LogP contribution in [0.15, 0.2) is 23.0 Å². The van der Waals surface area contributed by atoms with E-state index in [-0.39, 0.29) is 5.91 Å². The van der Waals surface area contributed by atoms with Gasteiger partial charge < -0.3 is 4.90 Å². The second-order valence-electron chi connectivity index (χ2n) is 4.58. The van der Waals surface area contributed by atoms with E-state index in [0.29, 0.717) is 15.8 Å². The largest absolute Gasteiger partial charge is 0.339 e. The second kappa shape index (κ2) is 5.61. The number of hydrogen-bond donors (Lipinski definition) is 0. The van der Waals surface area contributed by atoms with E-state index in [1.807, 2.05) is 21.9 Å². The van der Waals surface area contributed by atoms with Crippen molar-refractivity contribution in [2.24, 2.45) is 0 Å². The fourth-order valence-electron chi connectivity index (χ4n) is 2.37. The van der Waals surface area contributed by atoms with Crippen molar-refractivity contribution in [2.75, 3.05) is 13.1 Å². The summed E-state index contributed by atoms with van der Waals surface area (Å²) in [7, 11) is 0. The zero-order chi connectivity index (χ0) is 13.2. The van der Waals surface area contributed by atoms with Gasteiger partial charge in [0.15, 0.2) is 0 Å². The molecule has 100 valence electrons. The summed E-state index contributed by atoms with van der Waals surface area (Å²) in [5, 5.41) is 5.04. The molecule has 1 amide bonds. The highest BCUT2D eigenvalue weighted by Gasteiger charge is 2.26. The third kappa shape index (κ3) is 2.83. The zero-order valence-electron chi connectivity index (χ0n) is 10.2. The first-order valence-electron chi connectivity index (χ1n) is 6.17. The Morgan fingerprint density at radius 2 is 2.16 bits per heavy atom. The highest BCUT2D eigenvalue weighted by Crippen LogP contribution is 2.30. The number of halogens is 1. The number of carbonyl (C=O) groups excluding carboxylic acids is 1. The lowest BCUT2D eigenvalue weighted by Gasteiger charge is -2.30. The molecule has 3 heterocycles. The third-order valence-corrected chi connectivity index (χ3v) is 5.43. The van der Waals surface area contributed by atoms with Crippen molar-refractivity contribution in [1.29, 1.82) is 0 Å². The van der Waals surface area contributed by atoms with Crippen LogP contribution >= 0.6 is 34.3 Å². The molecule has 0 unspecified atom stereocenters. The molecule has 0 atom stereocenters. The Kier molecular flexibility index (Phi) is 3.86. The number of likely N-dealkylation sites (tertiary alicyclic amines) is 1. The highest BCUT2D eigenvalue weighted by molar-refractivity contribution is 7.14. The minimum Gasteiger partial charge on any atom is -0.339 e. The maximum absolute atomic E-state index is 12.3. The molecule has 0 radical (unpaired) electrons. The van der Waals surface area contributed by atoms with Crippen molar-refractivity contribution in [1.82, 2.24) is 9.88 Å². The molecule has 1 fully saturated rings. The van der Waals surface area contributed by atoms with E-state index in [0.717, 1.165) is 25.9 Å². The minimum absolute atomic E-state index is 0.0979. The molecule has 3 rings (SSSR count). The summed E-state index contributed by atoms with van der Waals surface area (Å²) in [6.45, 7) is 1.60. The van der Waals surface area contributed by atoms with Crippen LogP contribution < -0.4 is 0 Å². The van der Waals surface area contributed by atoms with Gasteiger partial charge in [-0.05, 0) is 18.9 Å². The van der Waals surface area contributed by atoms with Crippen LogP contribution in [0, 0.1) is 0 Å². The predicted molar refractivity (Wildman–Crippen MR) is 79.3 cm³/mol. The minimum atomic E-state index is 0.0979. The lowest BCUT2D eigenvalue weighted by molar-refractivity contribution is 0.0713. The molecule has 0 aliphatic carbocycles. The van der Waals surface area contributed by atoms with Gasteiger partial charge in [0.25, 0.3) is 5.91 Å². The first-order chi connectivity index (χ1) is 9.24. The SMILES string of the molecule is O=C(c1csc(Cl)c1)N1CCC(c2nccs2)CC1. The summed E-state index contributed by atoms with van der Waals surface area (Å²) in [4.78, 5) is 18.6. The molecule has 0 bridgehead atoms. The second-order valence-corrected chi connectivity index (χ2v) is 7.04. The van der Waals surface area contributed by atoms with Gasteiger partial charge in [0.1, 0.15) is 0 Å². The molecule has 6 heteroatoms. The molecule has 0 spiro atoms. The summed E-state index contributed by atoms with van der Waals surface area (Å²) in [5.41, 5.74) is 0.711. The number of thiophene rings is 1. The molecule has 1 saturated heterocycles. The van der Waals surface area contributed by atoms with Crippen LogP contribution in [0.5, 0.6) is 0 Å². The molecule has 1 aliphatic rings. The van der Waals surface area contributed by atoms with Crippen LogP contribution in [-0.2, 0) is 0 Å². The molecule has 2 aromatic heterocycles. The van der Waals surface area contributed by atoms with Crippen LogP contribution in [0.4, 0.5) is 0 Å². The Hall–Kier alpha value is -0.910. The Morgan fingerprint density at radius 3 is 2.74 bits per heavy atom. The maximum atomic E-state index is 12.3. The van der Waals surface area contributed by atoms with Crippen molar-refractivity contribution in [2.45, 2.75) is 18.8 Å². The predicted octanol–water partition coefficient (Wildman–Crippen LogP) is 3.88. The van der Waals surface area contributed by atoms with Crippen LogP contribution in [0.3, 0.4) is 0 Å². The van der Waals surface area contributed by atoms with Gasteiger partial charge in [-0.1, -0.05) is 11.6 Å². The topological polar surface area (TPSA) is 33.2 Å². The average Bonchev–Trinajstić information content (AvgIpc) is 3.09. The summed E-state index contributed by atoms with van der Waals surface area (Å²) in [6, 6.07) is 1.75. The van der Waals surface area contributed by atoms with Gasteiger partial charge in [0, 0.05) is 36.0 Å². The Morgan fingerprint density at radius 1 is 1.37 bits per heavy atom. The maximum Gasteiger partial charge on any atom is 0.254 e. The monoisotopic (exact) mass is 312 g/mol. The number of nitrogens with zero attached hydrogens (tertiary/aromatic N) is 2. The van der Waals surface area contributed by atoms with E-state index >= 15 is 0 Å². The zero-order valence-corrected chi connectivity index (χ0v) is 12.6. The van der Waals surface area contributed by atoms with Gasteiger partial charge in [-0.3, -0.25) is 4.79 Å².